The van der Waals surface area contributed by atoms with E-state index in [0.717, 1.165) is 16.9 Å². The Balaban J connectivity index is 2.23. The van der Waals surface area contributed by atoms with Crippen LogP contribution in [-0.2, 0) is 0 Å². The van der Waals surface area contributed by atoms with Gasteiger partial charge in [-0.05, 0) is 30.2 Å². The maximum Gasteiger partial charge on any atom is 0.154 e. The van der Waals surface area contributed by atoms with Gasteiger partial charge in [-0.2, -0.15) is 5.10 Å². The van der Waals surface area contributed by atoms with Crippen LogP contribution in [0.2, 0.25) is 0 Å². The highest BCUT2D eigenvalue weighted by Gasteiger charge is 2.04. The van der Waals surface area contributed by atoms with Gasteiger partial charge >= 0.3 is 0 Å². The molecule has 0 aliphatic heterocycles. The summed E-state index contributed by atoms with van der Waals surface area (Å²) in [6.07, 6.45) is 10.5. The van der Waals surface area contributed by atoms with Crippen molar-refractivity contribution in [3.05, 3.63) is 48.5 Å². The molecule has 3 rings (SSSR count). The summed E-state index contributed by atoms with van der Waals surface area (Å²) in [4.78, 5) is 8.23. The lowest BCUT2D eigenvalue weighted by atomic mass is 10.2. The average molecular weight is 220 g/mol. The molecule has 17 heavy (non-hydrogen) atoms. The molecule has 0 N–H and O–H groups in total. The van der Waals surface area contributed by atoms with Crippen molar-refractivity contribution in [1.82, 2.24) is 19.6 Å². The van der Waals surface area contributed by atoms with E-state index in [1.54, 1.807) is 23.1 Å². The Morgan fingerprint density at radius 2 is 2.12 bits per heavy atom. The molecule has 0 aliphatic carbocycles. The van der Waals surface area contributed by atoms with Crippen LogP contribution in [0.15, 0.2) is 42.9 Å². The zero-order valence-electron chi connectivity index (χ0n) is 8.91. The molecule has 0 aromatic carbocycles. The molecule has 3 aromatic heterocycles. The van der Waals surface area contributed by atoms with E-state index in [-0.39, 0.29) is 0 Å². The minimum absolute atomic E-state index is 0.644. The zero-order chi connectivity index (χ0) is 11.7. The normalized spacial score (nSPS) is 10.3. The van der Waals surface area contributed by atoms with Crippen LogP contribution in [-0.4, -0.2) is 19.6 Å². The first-order valence-electron chi connectivity index (χ1n) is 5.10. The van der Waals surface area contributed by atoms with E-state index in [1.807, 2.05) is 24.3 Å². The summed E-state index contributed by atoms with van der Waals surface area (Å²) in [5.74, 6) is 2.55. The number of imidazole rings is 1. The number of rotatable bonds is 1. The van der Waals surface area contributed by atoms with Crippen molar-refractivity contribution in [3.8, 4) is 23.6 Å². The highest BCUT2D eigenvalue weighted by atomic mass is 15.3. The van der Waals surface area contributed by atoms with Crippen LogP contribution in [0, 0.1) is 12.3 Å². The molecule has 4 heteroatoms. The van der Waals surface area contributed by atoms with Crippen LogP contribution in [0.5, 0.6) is 0 Å². The third kappa shape index (κ3) is 1.54. The summed E-state index contributed by atoms with van der Waals surface area (Å²) in [5.41, 5.74) is 3.16. The lowest BCUT2D eigenvalue weighted by Gasteiger charge is -2.01. The van der Waals surface area contributed by atoms with Crippen molar-refractivity contribution in [3.63, 3.8) is 0 Å². The van der Waals surface area contributed by atoms with Gasteiger partial charge in [0.25, 0.3) is 0 Å². The van der Waals surface area contributed by atoms with Gasteiger partial charge in [0.15, 0.2) is 5.65 Å². The van der Waals surface area contributed by atoms with E-state index in [1.165, 1.54) is 0 Å². The molecular weight excluding hydrogens is 212 g/mol. The highest BCUT2D eigenvalue weighted by molar-refractivity contribution is 5.59. The lowest BCUT2D eigenvalue weighted by molar-refractivity contribution is 0.929. The standard InChI is InChI=1S/C13H8N4/c1-2-11-9-15-13-6-5-12(16-17(11)13)10-4-3-7-14-8-10/h1,3-9H. The Bertz CT molecular complexity index is 707. The average Bonchev–Trinajstić information content (AvgIpc) is 2.81. The Morgan fingerprint density at radius 1 is 1.18 bits per heavy atom. The van der Waals surface area contributed by atoms with Crippen LogP contribution >= 0.6 is 0 Å². The molecule has 0 saturated carbocycles. The van der Waals surface area contributed by atoms with E-state index in [4.69, 9.17) is 6.42 Å². The van der Waals surface area contributed by atoms with Crippen LogP contribution in [0.3, 0.4) is 0 Å². The van der Waals surface area contributed by atoms with Gasteiger partial charge in [-0.3, -0.25) is 4.98 Å². The summed E-state index contributed by atoms with van der Waals surface area (Å²) in [6, 6.07) is 7.61. The Labute approximate surface area is 98.0 Å². The molecular formula is C13H8N4. The Morgan fingerprint density at radius 3 is 2.88 bits per heavy atom. The van der Waals surface area contributed by atoms with Crippen LogP contribution < -0.4 is 0 Å². The van der Waals surface area contributed by atoms with Crippen LogP contribution in [0.25, 0.3) is 16.9 Å². The Hall–Kier alpha value is -2.67. The molecule has 0 amide bonds. The van der Waals surface area contributed by atoms with Crippen molar-refractivity contribution in [2.75, 3.05) is 0 Å². The molecule has 0 fully saturated rings. The maximum atomic E-state index is 5.39. The van der Waals surface area contributed by atoms with E-state index in [0.29, 0.717) is 5.69 Å². The van der Waals surface area contributed by atoms with Gasteiger partial charge in [0.2, 0.25) is 0 Å². The van der Waals surface area contributed by atoms with Crippen molar-refractivity contribution in [1.29, 1.82) is 0 Å². The summed E-state index contributed by atoms with van der Waals surface area (Å²) in [5, 5.41) is 4.45. The van der Waals surface area contributed by atoms with Gasteiger partial charge in [0.05, 0.1) is 11.9 Å². The van der Waals surface area contributed by atoms with Crippen molar-refractivity contribution in [2.24, 2.45) is 0 Å². The number of pyridine rings is 1. The van der Waals surface area contributed by atoms with Gasteiger partial charge in [-0.1, -0.05) is 0 Å². The fraction of sp³-hybridized carbons (Fsp3) is 0. The van der Waals surface area contributed by atoms with Crippen LogP contribution in [0.1, 0.15) is 5.69 Å². The SMILES string of the molecule is C#Cc1cnc2ccc(-c3cccnc3)nn12. The summed E-state index contributed by atoms with van der Waals surface area (Å²) in [6.45, 7) is 0. The summed E-state index contributed by atoms with van der Waals surface area (Å²) in [7, 11) is 0. The molecule has 0 aliphatic rings. The molecule has 0 bridgehead atoms. The van der Waals surface area contributed by atoms with Crippen molar-refractivity contribution in [2.45, 2.75) is 0 Å². The molecule has 4 nitrogen and oxygen atoms in total. The minimum atomic E-state index is 0.644. The topological polar surface area (TPSA) is 43.1 Å². The third-order valence-electron chi connectivity index (χ3n) is 2.47. The van der Waals surface area contributed by atoms with Gasteiger partial charge in [0, 0.05) is 18.0 Å². The Kier molecular flexibility index (Phi) is 2.09. The third-order valence-corrected chi connectivity index (χ3v) is 2.47. The monoisotopic (exact) mass is 220 g/mol. The fourth-order valence-electron chi connectivity index (χ4n) is 1.64. The van der Waals surface area contributed by atoms with E-state index >= 15 is 0 Å². The zero-order valence-corrected chi connectivity index (χ0v) is 8.91. The highest BCUT2D eigenvalue weighted by Crippen LogP contribution is 2.16. The fourth-order valence-corrected chi connectivity index (χ4v) is 1.64. The largest absolute Gasteiger partial charge is 0.264 e. The first-order valence-corrected chi connectivity index (χ1v) is 5.10. The quantitative estimate of drug-likeness (QED) is 0.587. The van der Waals surface area contributed by atoms with Gasteiger partial charge in [-0.15, -0.1) is 6.42 Å². The predicted octanol–water partition coefficient (Wildman–Crippen LogP) is 1.77. The maximum absolute atomic E-state index is 5.39. The number of hydrogen-bond donors (Lipinski definition) is 0. The molecule has 80 valence electrons. The predicted molar refractivity (Wildman–Crippen MR) is 64.2 cm³/mol. The second kappa shape index (κ2) is 3.72. The molecule has 0 radical (unpaired) electrons. The van der Waals surface area contributed by atoms with Crippen LogP contribution in [0.4, 0.5) is 0 Å². The molecule has 0 atom stereocenters. The number of aromatic nitrogens is 4. The number of hydrogen-bond acceptors (Lipinski definition) is 3. The van der Waals surface area contributed by atoms with E-state index in [9.17, 15) is 0 Å². The van der Waals surface area contributed by atoms with E-state index in [2.05, 4.69) is 21.0 Å². The number of fused-ring (bicyclic) bond motifs is 1. The van der Waals surface area contributed by atoms with Gasteiger partial charge < -0.3 is 0 Å². The minimum Gasteiger partial charge on any atom is -0.264 e. The van der Waals surface area contributed by atoms with Gasteiger partial charge in [0.1, 0.15) is 5.69 Å². The van der Waals surface area contributed by atoms with Crippen molar-refractivity contribution >= 4 is 5.65 Å². The summed E-state index contributed by atoms with van der Waals surface area (Å²) >= 11 is 0. The second-order valence-corrected chi connectivity index (χ2v) is 3.52. The van der Waals surface area contributed by atoms with Crippen molar-refractivity contribution < 1.29 is 0 Å². The molecule has 0 unspecified atom stereocenters. The number of nitrogens with zero attached hydrogens (tertiary/aromatic N) is 4. The molecule has 3 heterocycles. The van der Waals surface area contributed by atoms with Gasteiger partial charge in [-0.25, -0.2) is 9.50 Å². The first-order chi connectivity index (χ1) is 8.38. The molecule has 3 aromatic rings. The number of terminal acetylenes is 1. The summed E-state index contributed by atoms with van der Waals surface area (Å²) < 4.78 is 1.66. The lowest BCUT2D eigenvalue weighted by Crippen LogP contribution is -1.96. The first kappa shape index (κ1) is 9.55. The molecule has 0 saturated heterocycles. The second-order valence-electron chi connectivity index (χ2n) is 3.52. The molecule has 0 spiro atoms. The van der Waals surface area contributed by atoms with E-state index < -0.39 is 0 Å². The smallest absolute Gasteiger partial charge is 0.154 e.